The van der Waals surface area contributed by atoms with Gasteiger partial charge in [-0.1, -0.05) is 70.2 Å². The highest BCUT2D eigenvalue weighted by atomic mass is 16.5. The number of hydroxylamine groups is 1. The maximum Gasteiger partial charge on any atom is 0.268 e. The number of nitrogens with one attached hydrogen (secondary N) is 2. The summed E-state index contributed by atoms with van der Waals surface area (Å²) in [4.78, 5) is 42.1. The highest BCUT2D eigenvalue weighted by molar-refractivity contribution is 5.89. The summed E-state index contributed by atoms with van der Waals surface area (Å²) in [6.45, 7) is 11.5. The van der Waals surface area contributed by atoms with Crippen molar-refractivity contribution in [3.05, 3.63) is 42.0 Å². The van der Waals surface area contributed by atoms with Crippen molar-refractivity contribution in [3.63, 3.8) is 0 Å². The number of nitrogens with zero attached hydrogens (tertiary/aromatic N) is 3. The number of amides is 3. The Bertz CT molecular complexity index is 853. The van der Waals surface area contributed by atoms with Gasteiger partial charge in [0.1, 0.15) is 6.04 Å². The molecule has 0 spiro atoms. The molecule has 1 atom stereocenters. The minimum Gasteiger partial charge on any atom is -0.314 e. The number of piperazine rings is 1. The van der Waals surface area contributed by atoms with Crippen LogP contribution in [0.4, 0.5) is 0 Å². The minimum absolute atomic E-state index is 0.0649. The summed E-state index contributed by atoms with van der Waals surface area (Å²) >= 11 is 0. The fourth-order valence-electron chi connectivity index (χ4n) is 4.09. The number of hydrazine groups is 1. The molecule has 1 aliphatic rings. The summed E-state index contributed by atoms with van der Waals surface area (Å²) in [6.07, 6.45) is 4.63. The number of carbonyl (C=O) groups is 3. The molecule has 36 heavy (non-hydrogen) atoms. The summed E-state index contributed by atoms with van der Waals surface area (Å²) < 4.78 is 0. The third-order valence-electron chi connectivity index (χ3n) is 6.02. The molecule has 1 aromatic carbocycles. The second kappa shape index (κ2) is 15.4. The number of benzene rings is 1. The average molecular weight is 502 g/mol. The van der Waals surface area contributed by atoms with Crippen LogP contribution in [0.15, 0.2) is 36.4 Å². The van der Waals surface area contributed by atoms with Crippen molar-refractivity contribution in [2.75, 3.05) is 39.3 Å². The SMILES string of the molecule is CC(C)CCC(=O)N([C@@H](CC=Cc1ccccc1)C(=O)NO)N(CC(C)C)C(=O)CN1CCNCC1. The molecular formula is C27H43N5O4. The zero-order valence-corrected chi connectivity index (χ0v) is 22.2. The average Bonchev–Trinajstić information content (AvgIpc) is 2.86. The van der Waals surface area contributed by atoms with Gasteiger partial charge < -0.3 is 5.32 Å². The van der Waals surface area contributed by atoms with Crippen LogP contribution in [0.1, 0.15) is 52.5 Å². The zero-order chi connectivity index (χ0) is 26.5. The predicted molar refractivity (Wildman–Crippen MR) is 141 cm³/mol. The van der Waals surface area contributed by atoms with Gasteiger partial charge in [-0.05, 0) is 30.2 Å². The Kier molecular flexibility index (Phi) is 12.6. The van der Waals surface area contributed by atoms with Crippen LogP contribution in [0.2, 0.25) is 0 Å². The fourth-order valence-corrected chi connectivity index (χ4v) is 4.09. The Labute approximate surface area is 215 Å². The first-order valence-electron chi connectivity index (χ1n) is 12.9. The van der Waals surface area contributed by atoms with Gasteiger partial charge >= 0.3 is 0 Å². The Balaban J connectivity index is 2.38. The van der Waals surface area contributed by atoms with Crippen LogP contribution in [0.3, 0.4) is 0 Å². The second-order valence-corrected chi connectivity index (χ2v) is 10.1. The zero-order valence-electron chi connectivity index (χ0n) is 22.2. The lowest BCUT2D eigenvalue weighted by Crippen LogP contribution is -2.61. The fraction of sp³-hybridized carbons (Fsp3) is 0.593. The van der Waals surface area contributed by atoms with E-state index in [1.54, 1.807) is 11.6 Å². The Hall–Kier alpha value is -2.75. The molecule has 1 aromatic rings. The molecule has 1 heterocycles. The molecular weight excluding hydrogens is 458 g/mol. The number of hydrogen-bond donors (Lipinski definition) is 3. The second-order valence-electron chi connectivity index (χ2n) is 10.1. The summed E-state index contributed by atoms with van der Waals surface area (Å²) in [6, 6.07) is 8.55. The molecule has 0 bridgehead atoms. The molecule has 9 heteroatoms. The van der Waals surface area contributed by atoms with Crippen molar-refractivity contribution in [2.24, 2.45) is 11.8 Å². The van der Waals surface area contributed by atoms with Gasteiger partial charge in [-0.15, -0.1) is 0 Å². The molecule has 200 valence electrons. The first kappa shape index (κ1) is 29.5. The van der Waals surface area contributed by atoms with Gasteiger partial charge in [0.05, 0.1) is 6.54 Å². The summed E-state index contributed by atoms with van der Waals surface area (Å²) in [7, 11) is 0. The minimum atomic E-state index is -1.07. The molecule has 3 amide bonds. The largest absolute Gasteiger partial charge is 0.314 e. The lowest BCUT2D eigenvalue weighted by Gasteiger charge is -2.41. The maximum atomic E-state index is 13.6. The third kappa shape index (κ3) is 9.72. The van der Waals surface area contributed by atoms with Gasteiger partial charge in [0.15, 0.2) is 0 Å². The van der Waals surface area contributed by atoms with E-state index in [-0.39, 0.29) is 49.6 Å². The van der Waals surface area contributed by atoms with Crippen LogP contribution in [-0.4, -0.2) is 83.2 Å². The monoisotopic (exact) mass is 501 g/mol. The van der Waals surface area contributed by atoms with E-state index in [1.807, 2.05) is 64.1 Å². The van der Waals surface area contributed by atoms with Crippen LogP contribution in [-0.2, 0) is 14.4 Å². The normalized spacial score (nSPS) is 15.3. The van der Waals surface area contributed by atoms with Gasteiger partial charge in [0, 0.05) is 39.1 Å². The summed E-state index contributed by atoms with van der Waals surface area (Å²) in [5.74, 6) is -0.913. The van der Waals surface area contributed by atoms with Crippen molar-refractivity contribution < 1.29 is 19.6 Å². The highest BCUT2D eigenvalue weighted by Gasteiger charge is 2.36. The molecule has 0 radical (unpaired) electrons. The summed E-state index contributed by atoms with van der Waals surface area (Å²) in [5.41, 5.74) is 2.67. The van der Waals surface area contributed by atoms with Crippen LogP contribution < -0.4 is 10.8 Å². The van der Waals surface area contributed by atoms with Crippen molar-refractivity contribution in [1.29, 1.82) is 0 Å². The van der Waals surface area contributed by atoms with Crippen molar-refractivity contribution in [2.45, 2.75) is 53.0 Å². The van der Waals surface area contributed by atoms with Crippen molar-refractivity contribution in [1.82, 2.24) is 25.7 Å². The topological polar surface area (TPSA) is 105 Å². The van der Waals surface area contributed by atoms with Crippen LogP contribution in [0.5, 0.6) is 0 Å². The molecule has 0 unspecified atom stereocenters. The highest BCUT2D eigenvalue weighted by Crippen LogP contribution is 2.18. The number of rotatable bonds is 12. The first-order chi connectivity index (χ1) is 17.2. The molecule has 1 fully saturated rings. The van der Waals surface area contributed by atoms with Gasteiger partial charge in [-0.2, -0.15) is 0 Å². The van der Waals surface area contributed by atoms with E-state index in [0.717, 1.165) is 31.7 Å². The van der Waals surface area contributed by atoms with Crippen molar-refractivity contribution >= 4 is 23.8 Å². The smallest absolute Gasteiger partial charge is 0.268 e. The van der Waals surface area contributed by atoms with E-state index in [2.05, 4.69) is 10.2 Å². The first-order valence-corrected chi connectivity index (χ1v) is 12.9. The summed E-state index contributed by atoms with van der Waals surface area (Å²) in [5, 5.41) is 15.6. The van der Waals surface area contributed by atoms with E-state index < -0.39 is 11.9 Å². The van der Waals surface area contributed by atoms with E-state index in [1.165, 1.54) is 10.0 Å². The van der Waals surface area contributed by atoms with Crippen LogP contribution >= 0.6 is 0 Å². The van der Waals surface area contributed by atoms with Gasteiger partial charge in [-0.25, -0.2) is 15.5 Å². The third-order valence-corrected chi connectivity index (χ3v) is 6.02. The molecule has 9 nitrogen and oxygen atoms in total. The van der Waals surface area contributed by atoms with E-state index in [4.69, 9.17) is 0 Å². The van der Waals surface area contributed by atoms with E-state index in [0.29, 0.717) is 6.42 Å². The Morgan fingerprint density at radius 3 is 2.31 bits per heavy atom. The van der Waals surface area contributed by atoms with Gasteiger partial charge in [0.2, 0.25) is 5.91 Å². The van der Waals surface area contributed by atoms with Crippen LogP contribution in [0.25, 0.3) is 6.08 Å². The van der Waals surface area contributed by atoms with E-state index >= 15 is 0 Å². The maximum absolute atomic E-state index is 13.6. The molecule has 2 rings (SSSR count). The van der Waals surface area contributed by atoms with Crippen molar-refractivity contribution in [3.8, 4) is 0 Å². The lowest BCUT2D eigenvalue weighted by molar-refractivity contribution is -0.176. The molecule has 0 saturated carbocycles. The number of carbonyl (C=O) groups excluding carboxylic acids is 3. The lowest BCUT2D eigenvalue weighted by atomic mass is 10.1. The molecule has 0 aromatic heterocycles. The van der Waals surface area contributed by atoms with E-state index in [9.17, 15) is 19.6 Å². The molecule has 3 N–H and O–H groups in total. The van der Waals surface area contributed by atoms with Crippen LogP contribution in [0, 0.1) is 11.8 Å². The quantitative estimate of drug-likeness (QED) is 0.300. The number of hydrogen-bond acceptors (Lipinski definition) is 6. The predicted octanol–water partition coefficient (Wildman–Crippen LogP) is 2.53. The Morgan fingerprint density at radius 2 is 1.72 bits per heavy atom. The van der Waals surface area contributed by atoms with Gasteiger partial charge in [0.25, 0.3) is 11.8 Å². The Morgan fingerprint density at radius 1 is 1.06 bits per heavy atom. The molecule has 1 saturated heterocycles. The van der Waals surface area contributed by atoms with Gasteiger partial charge in [-0.3, -0.25) is 24.5 Å². The molecule has 1 aliphatic heterocycles. The molecule has 0 aliphatic carbocycles. The standard InChI is InChI=1S/C27H43N5O4/c1-21(2)13-14-25(33)32(24(27(35)29-36)12-8-11-23-9-6-5-7-10-23)31(19-22(3)4)26(34)20-30-17-15-28-16-18-30/h5-11,21-22,24,28,36H,12-20H2,1-4H3,(H,29,35)/t24-/m0/s1.